The Morgan fingerprint density at radius 3 is 2.77 bits per heavy atom. The van der Waals surface area contributed by atoms with Gasteiger partial charge < -0.3 is 4.90 Å². The van der Waals surface area contributed by atoms with Crippen LogP contribution in [0.3, 0.4) is 0 Å². The minimum absolute atomic E-state index is 0.0462. The zero-order valence-corrected chi connectivity index (χ0v) is 17.4. The molecule has 3 aliphatic rings. The number of hydrogen-bond donors (Lipinski definition) is 0. The summed E-state index contributed by atoms with van der Waals surface area (Å²) in [7, 11) is 0. The largest absolute Gasteiger partial charge is 0.347 e. The summed E-state index contributed by atoms with van der Waals surface area (Å²) in [6.45, 7) is 2.82. The number of nitrogens with zero attached hydrogens (tertiary/aromatic N) is 4. The van der Waals surface area contributed by atoms with Gasteiger partial charge in [-0.05, 0) is 49.1 Å². The molecule has 1 amide bonds. The van der Waals surface area contributed by atoms with Crippen LogP contribution < -0.4 is 5.69 Å². The molecule has 0 saturated carbocycles. The minimum atomic E-state index is -0.356. The number of aromatic nitrogens is 2. The standard InChI is InChI=1S/C24H30N4O2/c29-23(17-26-11-5-10-25-24(26)30)27-14-19-12-20(16-27)22-9-4-8-21(28(22)15-19)13-18-6-2-1-3-7-18/h1-3,5-7,10-11,19-22H,4,8-9,12-17H2/t19-,20+,21+,22-/m0/s1. The van der Waals surface area contributed by atoms with E-state index in [0.29, 0.717) is 23.9 Å². The second-order valence-electron chi connectivity index (χ2n) is 9.23. The van der Waals surface area contributed by atoms with Crippen LogP contribution in [-0.2, 0) is 17.8 Å². The van der Waals surface area contributed by atoms with E-state index in [1.165, 1.54) is 42.0 Å². The third kappa shape index (κ3) is 3.93. The number of fused-ring (bicyclic) bond motifs is 4. The van der Waals surface area contributed by atoms with Gasteiger partial charge in [-0.3, -0.25) is 14.3 Å². The van der Waals surface area contributed by atoms with Crippen molar-refractivity contribution >= 4 is 5.91 Å². The quantitative estimate of drug-likeness (QED) is 0.781. The fourth-order valence-electron chi connectivity index (χ4n) is 5.97. The maximum atomic E-state index is 12.9. The van der Waals surface area contributed by atoms with Crippen molar-refractivity contribution in [3.05, 3.63) is 64.8 Å². The minimum Gasteiger partial charge on any atom is -0.340 e. The number of likely N-dealkylation sites (tertiary alicyclic amines) is 1. The van der Waals surface area contributed by atoms with Crippen molar-refractivity contribution in [2.45, 2.75) is 50.7 Å². The van der Waals surface area contributed by atoms with E-state index in [2.05, 4.69) is 40.2 Å². The molecule has 0 aliphatic carbocycles. The molecule has 0 unspecified atom stereocenters. The average Bonchev–Trinajstić information content (AvgIpc) is 2.76. The molecule has 1 aromatic heterocycles. The van der Waals surface area contributed by atoms with E-state index in [-0.39, 0.29) is 18.1 Å². The number of benzene rings is 1. The van der Waals surface area contributed by atoms with Crippen molar-refractivity contribution < 1.29 is 4.79 Å². The topological polar surface area (TPSA) is 58.4 Å². The maximum absolute atomic E-state index is 12.9. The van der Waals surface area contributed by atoms with Crippen LogP contribution in [0.25, 0.3) is 0 Å². The normalized spacial score (nSPS) is 28.7. The first-order valence-corrected chi connectivity index (χ1v) is 11.3. The van der Waals surface area contributed by atoms with Gasteiger partial charge in [0.25, 0.3) is 0 Å². The van der Waals surface area contributed by atoms with E-state index in [4.69, 9.17) is 0 Å². The van der Waals surface area contributed by atoms with Crippen molar-refractivity contribution in [2.75, 3.05) is 19.6 Å². The van der Waals surface area contributed by atoms with Crippen LogP contribution in [0.2, 0.25) is 0 Å². The van der Waals surface area contributed by atoms with Crippen molar-refractivity contribution in [1.29, 1.82) is 0 Å². The van der Waals surface area contributed by atoms with E-state index in [0.717, 1.165) is 26.1 Å². The molecule has 0 spiro atoms. The van der Waals surface area contributed by atoms with Crippen molar-refractivity contribution in [1.82, 2.24) is 19.4 Å². The first-order valence-electron chi connectivity index (χ1n) is 11.3. The van der Waals surface area contributed by atoms with Gasteiger partial charge >= 0.3 is 5.69 Å². The lowest BCUT2D eigenvalue weighted by Gasteiger charge is -2.55. The molecule has 3 fully saturated rings. The van der Waals surface area contributed by atoms with E-state index < -0.39 is 0 Å². The molecular formula is C24H30N4O2. The predicted molar refractivity (Wildman–Crippen MR) is 115 cm³/mol. The number of rotatable bonds is 4. The first-order chi connectivity index (χ1) is 14.7. The number of amides is 1. The second kappa shape index (κ2) is 8.34. The highest BCUT2D eigenvalue weighted by molar-refractivity contribution is 5.76. The van der Waals surface area contributed by atoms with Crippen LogP contribution >= 0.6 is 0 Å². The zero-order chi connectivity index (χ0) is 20.5. The Labute approximate surface area is 177 Å². The van der Waals surface area contributed by atoms with Gasteiger partial charge in [0.1, 0.15) is 6.54 Å². The Morgan fingerprint density at radius 1 is 1.07 bits per heavy atom. The molecule has 158 valence electrons. The van der Waals surface area contributed by atoms with Crippen molar-refractivity contribution in [2.24, 2.45) is 11.8 Å². The van der Waals surface area contributed by atoms with Gasteiger partial charge in [0.15, 0.2) is 0 Å². The van der Waals surface area contributed by atoms with Crippen LogP contribution in [0, 0.1) is 11.8 Å². The number of carbonyl (C=O) groups is 1. The van der Waals surface area contributed by atoms with Gasteiger partial charge in [0.2, 0.25) is 5.91 Å². The third-order valence-corrected chi connectivity index (χ3v) is 7.27. The SMILES string of the molecule is O=C(Cn1cccnc1=O)N1C[C@@H]2C[C@H](C1)[C@@H]1CCC[C@H](Cc3ccccc3)N1C2. The van der Waals surface area contributed by atoms with E-state index in [1.807, 2.05) is 4.90 Å². The molecule has 6 nitrogen and oxygen atoms in total. The molecule has 4 atom stereocenters. The third-order valence-electron chi connectivity index (χ3n) is 7.27. The summed E-state index contributed by atoms with van der Waals surface area (Å²) in [5, 5.41) is 0. The molecule has 2 aromatic rings. The van der Waals surface area contributed by atoms with Crippen molar-refractivity contribution in [3.8, 4) is 0 Å². The van der Waals surface area contributed by atoms with Crippen LogP contribution in [0.15, 0.2) is 53.6 Å². The van der Waals surface area contributed by atoms with Gasteiger partial charge in [-0.1, -0.05) is 36.8 Å². The molecule has 1 aromatic carbocycles. The molecule has 6 heteroatoms. The molecule has 3 aliphatic heterocycles. The van der Waals surface area contributed by atoms with Gasteiger partial charge in [-0.15, -0.1) is 0 Å². The Hall–Kier alpha value is -2.47. The van der Waals surface area contributed by atoms with Gasteiger partial charge in [0.05, 0.1) is 0 Å². The van der Waals surface area contributed by atoms with E-state index in [9.17, 15) is 9.59 Å². The molecule has 30 heavy (non-hydrogen) atoms. The molecular weight excluding hydrogens is 376 g/mol. The molecule has 5 rings (SSSR count). The van der Waals surface area contributed by atoms with Crippen LogP contribution in [0.5, 0.6) is 0 Å². The Bertz CT molecular complexity index is 943. The average molecular weight is 407 g/mol. The fraction of sp³-hybridized carbons (Fsp3) is 0.542. The Kier molecular flexibility index (Phi) is 5.42. The second-order valence-corrected chi connectivity index (χ2v) is 9.23. The van der Waals surface area contributed by atoms with Gasteiger partial charge in [0, 0.05) is 44.1 Å². The monoisotopic (exact) mass is 406 g/mol. The summed E-state index contributed by atoms with van der Waals surface area (Å²) in [5.74, 6) is 1.13. The van der Waals surface area contributed by atoms with Crippen LogP contribution in [0.1, 0.15) is 31.2 Å². The van der Waals surface area contributed by atoms with Crippen molar-refractivity contribution in [3.63, 3.8) is 0 Å². The number of piperidine rings is 3. The molecule has 3 saturated heterocycles. The Morgan fingerprint density at radius 2 is 1.93 bits per heavy atom. The lowest BCUT2D eigenvalue weighted by Crippen LogP contribution is -2.62. The lowest BCUT2D eigenvalue weighted by atomic mass is 9.74. The Balaban J connectivity index is 1.27. The predicted octanol–water partition coefficient (Wildman–Crippen LogP) is 2.19. The van der Waals surface area contributed by atoms with Crippen LogP contribution in [0.4, 0.5) is 0 Å². The summed E-state index contributed by atoms with van der Waals surface area (Å²) in [6, 6.07) is 13.8. The molecule has 2 bridgehead atoms. The molecule has 0 radical (unpaired) electrons. The van der Waals surface area contributed by atoms with E-state index >= 15 is 0 Å². The summed E-state index contributed by atoms with van der Waals surface area (Å²) < 4.78 is 1.41. The van der Waals surface area contributed by atoms with Gasteiger partial charge in [-0.25, -0.2) is 9.78 Å². The highest BCUT2D eigenvalue weighted by atomic mass is 16.2. The highest BCUT2D eigenvalue weighted by Crippen LogP contribution is 2.40. The molecule has 4 heterocycles. The summed E-state index contributed by atoms with van der Waals surface area (Å²) in [6.07, 6.45) is 9.27. The smallest absolute Gasteiger partial charge is 0.340 e. The lowest BCUT2D eigenvalue weighted by molar-refractivity contribution is -0.139. The van der Waals surface area contributed by atoms with E-state index in [1.54, 1.807) is 12.3 Å². The zero-order valence-electron chi connectivity index (χ0n) is 17.4. The first kappa shape index (κ1) is 19.5. The van der Waals surface area contributed by atoms with Crippen LogP contribution in [-0.4, -0.2) is 57.0 Å². The fourth-order valence-corrected chi connectivity index (χ4v) is 5.97. The summed E-state index contributed by atoms with van der Waals surface area (Å²) in [4.78, 5) is 33.4. The number of hydrogen-bond acceptors (Lipinski definition) is 4. The molecule has 0 N–H and O–H groups in total. The number of carbonyl (C=O) groups excluding carboxylic acids is 1. The highest BCUT2D eigenvalue weighted by Gasteiger charge is 2.45. The van der Waals surface area contributed by atoms with Gasteiger partial charge in [-0.2, -0.15) is 0 Å². The maximum Gasteiger partial charge on any atom is 0.347 e. The summed E-state index contributed by atoms with van der Waals surface area (Å²) in [5.41, 5.74) is 1.07. The summed E-state index contributed by atoms with van der Waals surface area (Å²) >= 11 is 0.